The fourth-order valence-corrected chi connectivity index (χ4v) is 3.20. The van der Waals surface area contributed by atoms with Crippen molar-refractivity contribution in [3.8, 4) is 11.4 Å². The Morgan fingerprint density at radius 1 is 1.13 bits per heavy atom. The molecule has 9 heteroatoms. The fourth-order valence-electron chi connectivity index (χ4n) is 3.20. The molecule has 2 aromatic heterocycles. The van der Waals surface area contributed by atoms with Gasteiger partial charge in [0.05, 0.1) is 37.4 Å². The van der Waals surface area contributed by atoms with Crippen LogP contribution < -0.4 is 10.9 Å². The number of esters is 1. The molecule has 0 aliphatic rings. The molecule has 164 valence electrons. The third kappa shape index (κ3) is 4.89. The lowest BCUT2D eigenvalue weighted by Gasteiger charge is -2.18. The molecular weight excluding hydrogens is 400 g/mol. The molecule has 9 nitrogen and oxygen atoms in total. The Balaban J connectivity index is 2.28. The monoisotopic (exact) mass is 426 g/mol. The summed E-state index contributed by atoms with van der Waals surface area (Å²) in [5.74, 6) is -0.224. The van der Waals surface area contributed by atoms with Crippen LogP contribution in [0.4, 0.5) is 5.69 Å². The Morgan fingerprint density at radius 2 is 1.87 bits per heavy atom. The first-order chi connectivity index (χ1) is 15.1. The Hall–Kier alpha value is -3.30. The summed E-state index contributed by atoms with van der Waals surface area (Å²) in [6, 6.07) is 9.47. The molecule has 0 aliphatic heterocycles. The molecule has 3 rings (SSSR count). The number of hydrogen-bond donors (Lipinski definition) is 1. The van der Waals surface area contributed by atoms with Crippen LogP contribution >= 0.6 is 0 Å². The number of nitrogens with one attached hydrogen (secondary N) is 1. The van der Waals surface area contributed by atoms with Gasteiger partial charge in [0.2, 0.25) is 0 Å². The van der Waals surface area contributed by atoms with Crippen molar-refractivity contribution in [2.45, 2.75) is 13.5 Å². The maximum Gasteiger partial charge on any atom is 0.345 e. The average Bonchev–Trinajstić information content (AvgIpc) is 2.79. The van der Waals surface area contributed by atoms with Crippen molar-refractivity contribution < 1.29 is 19.0 Å². The highest BCUT2D eigenvalue weighted by atomic mass is 16.5. The number of hydrogen-bond acceptors (Lipinski definition) is 8. The number of ether oxygens (including phenoxy) is 3. The van der Waals surface area contributed by atoms with Gasteiger partial charge in [-0.05, 0) is 6.92 Å². The van der Waals surface area contributed by atoms with E-state index in [0.29, 0.717) is 35.7 Å². The number of fused-ring (bicyclic) bond motifs is 1. The zero-order valence-electron chi connectivity index (χ0n) is 17.9. The molecule has 0 amide bonds. The van der Waals surface area contributed by atoms with Crippen LogP contribution in [-0.2, 0) is 20.8 Å². The largest absolute Gasteiger partial charge is 0.462 e. The number of nitrogens with zero attached hydrogens (tertiary/aromatic N) is 3. The number of rotatable bonds is 10. The molecule has 0 radical (unpaired) electrons. The van der Waals surface area contributed by atoms with Gasteiger partial charge in [0, 0.05) is 32.5 Å². The number of aromatic nitrogens is 3. The second kappa shape index (κ2) is 10.6. The Bertz CT molecular complexity index is 1100. The summed E-state index contributed by atoms with van der Waals surface area (Å²) >= 11 is 0. The van der Waals surface area contributed by atoms with Gasteiger partial charge in [0.25, 0.3) is 5.56 Å². The van der Waals surface area contributed by atoms with Crippen LogP contribution in [0.3, 0.4) is 0 Å². The lowest BCUT2D eigenvalue weighted by molar-refractivity contribution is 0.0524. The van der Waals surface area contributed by atoms with Gasteiger partial charge in [-0.2, -0.15) is 0 Å². The maximum absolute atomic E-state index is 13.4. The summed E-state index contributed by atoms with van der Waals surface area (Å²) in [6.07, 6.45) is 1.62. The van der Waals surface area contributed by atoms with E-state index in [4.69, 9.17) is 14.2 Å². The minimum atomic E-state index is -0.701. The van der Waals surface area contributed by atoms with E-state index >= 15 is 0 Å². The highest BCUT2D eigenvalue weighted by Gasteiger charge is 2.25. The van der Waals surface area contributed by atoms with Crippen molar-refractivity contribution in [2.75, 3.05) is 45.9 Å². The normalized spacial score (nSPS) is 10.9. The minimum Gasteiger partial charge on any atom is -0.462 e. The summed E-state index contributed by atoms with van der Waals surface area (Å²) in [4.78, 5) is 35.2. The molecule has 0 saturated heterocycles. The predicted molar refractivity (Wildman–Crippen MR) is 117 cm³/mol. The van der Waals surface area contributed by atoms with Crippen LogP contribution in [0, 0.1) is 0 Å². The molecule has 0 atom stereocenters. The Kier molecular flexibility index (Phi) is 7.69. The van der Waals surface area contributed by atoms with E-state index < -0.39 is 11.5 Å². The first kappa shape index (κ1) is 22.4. The highest BCUT2D eigenvalue weighted by molar-refractivity contribution is 6.04. The third-order valence-corrected chi connectivity index (χ3v) is 4.64. The molecule has 0 spiro atoms. The predicted octanol–water partition coefficient (Wildman–Crippen LogP) is 2.34. The molecule has 3 aromatic rings. The van der Waals surface area contributed by atoms with E-state index in [1.54, 1.807) is 27.3 Å². The number of benzene rings is 1. The van der Waals surface area contributed by atoms with Crippen LogP contribution in [0.5, 0.6) is 0 Å². The van der Waals surface area contributed by atoms with Crippen molar-refractivity contribution in [2.24, 2.45) is 0 Å². The van der Waals surface area contributed by atoms with Crippen LogP contribution in [0.25, 0.3) is 22.4 Å². The number of carbonyl (C=O) groups excluding carboxylic acids is 1. The summed E-state index contributed by atoms with van der Waals surface area (Å²) in [5.41, 5.74) is 0.976. The van der Waals surface area contributed by atoms with Gasteiger partial charge in [-0.3, -0.25) is 9.36 Å². The third-order valence-electron chi connectivity index (χ3n) is 4.64. The minimum absolute atomic E-state index is 0.0855. The SMILES string of the molecule is CCOC(=O)c1c(NCCOC)c2cnc(-c3ccccc3)nc2n(CCOC)c1=O. The zero-order valence-corrected chi connectivity index (χ0v) is 17.9. The number of carbonyl (C=O) groups is 1. The number of pyridine rings is 1. The van der Waals surface area contributed by atoms with E-state index in [-0.39, 0.29) is 25.3 Å². The smallest absolute Gasteiger partial charge is 0.345 e. The molecule has 1 aromatic carbocycles. The van der Waals surface area contributed by atoms with E-state index in [9.17, 15) is 9.59 Å². The van der Waals surface area contributed by atoms with Crippen LogP contribution in [0.1, 0.15) is 17.3 Å². The van der Waals surface area contributed by atoms with Gasteiger partial charge in [0.1, 0.15) is 11.2 Å². The molecule has 0 aliphatic carbocycles. The zero-order chi connectivity index (χ0) is 22.2. The molecule has 1 N–H and O–H groups in total. The highest BCUT2D eigenvalue weighted by Crippen LogP contribution is 2.26. The van der Waals surface area contributed by atoms with E-state index in [1.165, 1.54) is 4.57 Å². The fraction of sp³-hybridized carbons (Fsp3) is 0.364. The Morgan fingerprint density at radius 3 is 2.55 bits per heavy atom. The van der Waals surface area contributed by atoms with Crippen molar-refractivity contribution in [3.05, 3.63) is 52.4 Å². The van der Waals surface area contributed by atoms with Gasteiger partial charge in [-0.15, -0.1) is 0 Å². The summed E-state index contributed by atoms with van der Waals surface area (Å²) < 4.78 is 16.9. The van der Waals surface area contributed by atoms with Crippen LogP contribution in [0.2, 0.25) is 0 Å². The Labute approximate surface area is 180 Å². The van der Waals surface area contributed by atoms with Gasteiger partial charge in [-0.1, -0.05) is 30.3 Å². The van der Waals surface area contributed by atoms with Gasteiger partial charge in [0.15, 0.2) is 5.82 Å². The summed E-state index contributed by atoms with van der Waals surface area (Å²) in [6.45, 7) is 3.12. The van der Waals surface area contributed by atoms with E-state index in [1.807, 2.05) is 30.3 Å². The van der Waals surface area contributed by atoms with E-state index in [2.05, 4.69) is 15.3 Å². The molecule has 0 unspecified atom stereocenters. The van der Waals surface area contributed by atoms with Crippen molar-refractivity contribution in [3.63, 3.8) is 0 Å². The second-order valence-corrected chi connectivity index (χ2v) is 6.64. The molecule has 0 bridgehead atoms. The van der Waals surface area contributed by atoms with Crippen molar-refractivity contribution >= 4 is 22.7 Å². The molecule has 31 heavy (non-hydrogen) atoms. The van der Waals surface area contributed by atoms with Crippen molar-refractivity contribution in [1.82, 2.24) is 14.5 Å². The molecule has 2 heterocycles. The lowest BCUT2D eigenvalue weighted by atomic mass is 10.1. The second-order valence-electron chi connectivity index (χ2n) is 6.64. The van der Waals surface area contributed by atoms with Gasteiger partial charge >= 0.3 is 5.97 Å². The standard InChI is InChI=1S/C22H26N4O5/c1-4-31-22(28)17-18(23-10-12-29-2)16-14-24-19(15-8-6-5-7-9-15)25-20(16)26(21(17)27)11-13-30-3/h5-9,14,23H,4,10-13H2,1-3H3. The van der Waals surface area contributed by atoms with Crippen LogP contribution in [-0.4, -0.2) is 61.1 Å². The maximum atomic E-state index is 13.4. The summed E-state index contributed by atoms with van der Waals surface area (Å²) in [7, 11) is 3.12. The molecule has 0 saturated carbocycles. The first-order valence-corrected chi connectivity index (χ1v) is 10.00. The number of anilines is 1. The van der Waals surface area contributed by atoms with Crippen LogP contribution in [0.15, 0.2) is 41.3 Å². The first-order valence-electron chi connectivity index (χ1n) is 10.00. The molecular formula is C22H26N4O5. The summed E-state index contributed by atoms with van der Waals surface area (Å²) in [5, 5.41) is 3.67. The number of methoxy groups -OCH3 is 2. The lowest BCUT2D eigenvalue weighted by Crippen LogP contribution is -2.31. The quantitative estimate of drug-likeness (QED) is 0.389. The van der Waals surface area contributed by atoms with E-state index in [0.717, 1.165) is 5.56 Å². The van der Waals surface area contributed by atoms with Crippen molar-refractivity contribution in [1.29, 1.82) is 0 Å². The molecule has 0 fully saturated rings. The average molecular weight is 426 g/mol. The van der Waals surface area contributed by atoms with Gasteiger partial charge in [-0.25, -0.2) is 14.8 Å². The topological polar surface area (TPSA) is 105 Å². The van der Waals surface area contributed by atoms with Gasteiger partial charge < -0.3 is 19.5 Å².